The Kier molecular flexibility index (Phi) is 5.61. The quantitative estimate of drug-likeness (QED) is 0.580. The molecule has 1 spiro atoms. The number of carbonyl (C=O) groups is 3. The summed E-state index contributed by atoms with van der Waals surface area (Å²) in [7, 11) is 0. The number of ether oxygens (including phenoxy) is 1. The number of amides is 1. The maximum atomic E-state index is 15.2. The first-order valence-electron chi connectivity index (χ1n) is 11.0. The fourth-order valence-corrected chi connectivity index (χ4v) is 5.55. The molecule has 2 aliphatic heterocycles. The number of nitrogens with one attached hydrogen (secondary N) is 1. The highest BCUT2D eigenvalue weighted by Gasteiger charge is 2.62. The number of rotatable bonds is 3. The molecule has 0 bridgehead atoms. The zero-order valence-electron chi connectivity index (χ0n) is 18.6. The van der Waals surface area contributed by atoms with Crippen molar-refractivity contribution in [2.75, 3.05) is 16.8 Å². The van der Waals surface area contributed by atoms with Crippen molar-refractivity contribution in [1.82, 2.24) is 0 Å². The number of nitrogens with zero attached hydrogens (tertiary/aromatic N) is 1. The lowest BCUT2D eigenvalue weighted by Gasteiger charge is -2.44. The first kappa shape index (κ1) is 23.4. The molecule has 1 aliphatic carbocycles. The monoisotopic (exact) mass is 515 g/mol. The van der Waals surface area contributed by atoms with E-state index >= 15 is 4.39 Å². The molecule has 3 N–H and O–H groups in total. The van der Waals surface area contributed by atoms with Crippen molar-refractivity contribution in [2.45, 2.75) is 31.6 Å². The van der Waals surface area contributed by atoms with Gasteiger partial charge < -0.3 is 15.8 Å². The van der Waals surface area contributed by atoms with Crippen molar-refractivity contribution in [3.8, 4) is 0 Å². The molecule has 0 fully saturated rings. The molecule has 2 heterocycles. The summed E-state index contributed by atoms with van der Waals surface area (Å²) < 4.78 is 20.5. The number of esters is 1. The van der Waals surface area contributed by atoms with Crippen molar-refractivity contribution >= 4 is 52.2 Å². The Bertz CT molecular complexity index is 1390. The standard InChI is InChI=1S/C25H20Cl2FN3O4/c1-2-35-23(33)21-22(29)31(17-9-7-13(27)11-15(17)28)18-4-3-5-19(32)20(18)25(21)14-10-12(26)6-8-16(14)30-24(25)34/h6-11H,2-5,29H2,1H3,(H,30,34). The minimum atomic E-state index is -1.89. The fraction of sp³-hybridized carbons (Fsp3) is 0.240. The molecular weight excluding hydrogens is 496 g/mol. The van der Waals surface area contributed by atoms with Crippen molar-refractivity contribution in [1.29, 1.82) is 0 Å². The Balaban J connectivity index is 1.92. The summed E-state index contributed by atoms with van der Waals surface area (Å²) in [6, 6.07) is 8.72. The fourth-order valence-electron chi connectivity index (χ4n) is 5.22. The molecule has 5 rings (SSSR count). The van der Waals surface area contributed by atoms with Crippen LogP contribution in [0.4, 0.5) is 15.8 Å². The highest BCUT2D eigenvalue weighted by molar-refractivity contribution is 6.32. The molecule has 0 radical (unpaired) electrons. The number of carbonyl (C=O) groups excluding carboxylic acids is 3. The highest BCUT2D eigenvalue weighted by atomic mass is 35.5. The van der Waals surface area contributed by atoms with E-state index in [-0.39, 0.29) is 46.5 Å². The van der Waals surface area contributed by atoms with E-state index in [1.165, 1.54) is 23.1 Å². The first-order valence-corrected chi connectivity index (χ1v) is 11.8. The molecule has 2 aromatic rings. The molecule has 1 unspecified atom stereocenters. The molecule has 1 amide bonds. The lowest BCUT2D eigenvalue weighted by Crippen LogP contribution is -2.53. The Labute approximate surface area is 210 Å². The van der Waals surface area contributed by atoms with E-state index < -0.39 is 23.1 Å². The molecule has 0 saturated carbocycles. The molecule has 7 nitrogen and oxygen atoms in total. The van der Waals surface area contributed by atoms with Gasteiger partial charge >= 0.3 is 5.97 Å². The van der Waals surface area contributed by atoms with Gasteiger partial charge in [-0.2, -0.15) is 0 Å². The second-order valence-corrected chi connectivity index (χ2v) is 9.28. The van der Waals surface area contributed by atoms with Crippen LogP contribution in [-0.2, 0) is 24.5 Å². The van der Waals surface area contributed by atoms with Crippen LogP contribution in [0.3, 0.4) is 0 Å². The van der Waals surface area contributed by atoms with Crippen LogP contribution in [0.15, 0.2) is 59.1 Å². The van der Waals surface area contributed by atoms with Gasteiger partial charge in [0, 0.05) is 39.0 Å². The van der Waals surface area contributed by atoms with E-state index in [1.54, 1.807) is 19.1 Å². The maximum absolute atomic E-state index is 15.2. The lowest BCUT2D eigenvalue weighted by atomic mass is 9.63. The molecule has 0 aromatic heterocycles. The number of anilines is 2. The molecule has 3 aliphatic rings. The van der Waals surface area contributed by atoms with Gasteiger partial charge in [0.1, 0.15) is 22.6 Å². The molecule has 0 saturated heterocycles. The van der Waals surface area contributed by atoms with Crippen molar-refractivity contribution in [3.05, 3.63) is 80.5 Å². The molecule has 180 valence electrons. The minimum Gasteiger partial charge on any atom is -0.462 e. The van der Waals surface area contributed by atoms with Crippen molar-refractivity contribution < 1.29 is 23.5 Å². The normalized spacial score (nSPS) is 21.3. The smallest absolute Gasteiger partial charge is 0.339 e. The number of hydrogen-bond donors (Lipinski definition) is 2. The summed E-state index contributed by atoms with van der Waals surface area (Å²) in [5.74, 6) is -2.77. The van der Waals surface area contributed by atoms with Crippen molar-refractivity contribution in [3.63, 3.8) is 0 Å². The molecule has 1 atom stereocenters. The number of fused-ring (bicyclic) bond motifs is 3. The van der Waals surface area contributed by atoms with E-state index in [0.29, 0.717) is 34.8 Å². The molecule has 35 heavy (non-hydrogen) atoms. The summed E-state index contributed by atoms with van der Waals surface area (Å²) in [6.07, 6.45) is 0.938. The number of benzene rings is 2. The van der Waals surface area contributed by atoms with Crippen LogP contribution in [-0.4, -0.2) is 24.3 Å². The summed E-state index contributed by atoms with van der Waals surface area (Å²) in [5.41, 5.74) is 5.57. The Morgan fingerprint density at radius 3 is 2.60 bits per heavy atom. The van der Waals surface area contributed by atoms with Gasteiger partial charge in [0.05, 0.1) is 12.3 Å². The summed E-state index contributed by atoms with van der Waals surface area (Å²) >= 11 is 12.2. The molecule has 10 heteroatoms. The number of Topliss-reactive ketones (excluding diaryl/α,β-unsaturated/α-hetero) is 1. The minimum absolute atomic E-state index is 0.00419. The van der Waals surface area contributed by atoms with Gasteiger partial charge in [-0.05, 0) is 56.2 Å². The Morgan fingerprint density at radius 2 is 1.89 bits per heavy atom. The van der Waals surface area contributed by atoms with E-state index in [1.807, 2.05) is 0 Å². The van der Waals surface area contributed by atoms with Crippen LogP contribution >= 0.6 is 23.2 Å². The predicted molar refractivity (Wildman–Crippen MR) is 129 cm³/mol. The zero-order valence-corrected chi connectivity index (χ0v) is 20.1. The summed E-state index contributed by atoms with van der Waals surface area (Å²) in [5, 5.41) is 3.24. The number of halogens is 3. The van der Waals surface area contributed by atoms with Crippen molar-refractivity contribution in [2.24, 2.45) is 5.73 Å². The van der Waals surface area contributed by atoms with Gasteiger partial charge in [-0.15, -0.1) is 0 Å². The molecule has 2 aromatic carbocycles. The van der Waals surface area contributed by atoms with Crippen LogP contribution < -0.4 is 16.0 Å². The van der Waals surface area contributed by atoms with Crippen LogP contribution in [0.1, 0.15) is 31.7 Å². The van der Waals surface area contributed by atoms with Crippen LogP contribution in [0, 0.1) is 5.82 Å². The lowest BCUT2D eigenvalue weighted by molar-refractivity contribution is -0.140. The van der Waals surface area contributed by atoms with E-state index in [9.17, 15) is 14.4 Å². The van der Waals surface area contributed by atoms with Crippen LogP contribution in [0.2, 0.25) is 10.0 Å². The van der Waals surface area contributed by atoms with E-state index in [0.717, 1.165) is 6.07 Å². The average molecular weight is 516 g/mol. The third kappa shape index (κ3) is 3.27. The van der Waals surface area contributed by atoms with Gasteiger partial charge in [-0.3, -0.25) is 14.5 Å². The summed E-state index contributed by atoms with van der Waals surface area (Å²) in [4.78, 5) is 42.1. The third-order valence-electron chi connectivity index (χ3n) is 6.51. The van der Waals surface area contributed by atoms with E-state index in [4.69, 9.17) is 33.7 Å². The topological polar surface area (TPSA) is 102 Å². The predicted octanol–water partition coefficient (Wildman–Crippen LogP) is 4.58. The van der Waals surface area contributed by atoms with Gasteiger partial charge in [0.2, 0.25) is 5.91 Å². The number of hydrogen-bond acceptors (Lipinski definition) is 6. The number of ketones is 1. The SMILES string of the molecule is CCOC(=O)C1=C(N)N(c2ccc(Cl)cc2F)C2=C(C(=O)CCC2)C12C(=O)Nc1ccc(Cl)cc12. The zero-order chi connectivity index (χ0) is 25.1. The van der Waals surface area contributed by atoms with Gasteiger partial charge in [-0.25, -0.2) is 9.18 Å². The van der Waals surface area contributed by atoms with Crippen LogP contribution in [0.5, 0.6) is 0 Å². The third-order valence-corrected chi connectivity index (χ3v) is 6.98. The average Bonchev–Trinajstić information content (AvgIpc) is 3.07. The maximum Gasteiger partial charge on any atom is 0.339 e. The second-order valence-electron chi connectivity index (χ2n) is 8.40. The van der Waals surface area contributed by atoms with Gasteiger partial charge in [0.15, 0.2) is 5.78 Å². The summed E-state index contributed by atoms with van der Waals surface area (Å²) in [6.45, 7) is 1.60. The Morgan fingerprint density at radius 1 is 1.17 bits per heavy atom. The first-order chi connectivity index (χ1) is 16.7. The van der Waals surface area contributed by atoms with Gasteiger partial charge in [-0.1, -0.05) is 23.2 Å². The van der Waals surface area contributed by atoms with E-state index in [2.05, 4.69) is 5.32 Å². The Hall–Kier alpha value is -3.36. The second kappa shape index (κ2) is 8.39. The molecular formula is C25H20Cl2FN3O4. The number of nitrogens with two attached hydrogens (primary N) is 1. The van der Waals surface area contributed by atoms with Gasteiger partial charge in [0.25, 0.3) is 0 Å². The van der Waals surface area contributed by atoms with Crippen LogP contribution in [0.25, 0.3) is 0 Å². The highest BCUT2D eigenvalue weighted by Crippen LogP contribution is 2.56. The largest absolute Gasteiger partial charge is 0.462 e. The number of allylic oxidation sites excluding steroid dienone is 1.